The van der Waals surface area contributed by atoms with Crippen molar-refractivity contribution in [2.45, 2.75) is 20.4 Å². The van der Waals surface area contributed by atoms with Crippen molar-refractivity contribution in [3.63, 3.8) is 0 Å². The monoisotopic (exact) mass is 326 g/mol. The fraction of sp³-hybridized carbons (Fsp3) is 0.294. The summed E-state index contributed by atoms with van der Waals surface area (Å²) in [6.45, 7) is 4.80. The zero-order valence-electron chi connectivity index (χ0n) is 13.8. The van der Waals surface area contributed by atoms with Gasteiger partial charge in [-0.2, -0.15) is 10.1 Å². The van der Waals surface area contributed by atoms with Crippen LogP contribution >= 0.6 is 0 Å². The van der Waals surface area contributed by atoms with Gasteiger partial charge >= 0.3 is 0 Å². The quantitative estimate of drug-likeness (QED) is 0.715. The Balaban J connectivity index is 1.94. The Hall–Kier alpha value is -2.80. The Bertz CT molecular complexity index is 894. The summed E-state index contributed by atoms with van der Waals surface area (Å²) < 4.78 is 11.6. The molecule has 0 aliphatic carbocycles. The highest BCUT2D eigenvalue weighted by Crippen LogP contribution is 2.22. The van der Waals surface area contributed by atoms with E-state index in [4.69, 9.17) is 9.26 Å². The van der Waals surface area contributed by atoms with E-state index in [9.17, 15) is 4.79 Å². The molecule has 2 heterocycles. The zero-order chi connectivity index (χ0) is 17.1. The van der Waals surface area contributed by atoms with Gasteiger partial charge in [-0.25, -0.2) is 4.68 Å². The third-order valence-electron chi connectivity index (χ3n) is 3.50. The lowest BCUT2D eigenvalue weighted by molar-refractivity contribution is 0.182. The fourth-order valence-corrected chi connectivity index (χ4v) is 2.45. The molecule has 0 aliphatic rings. The first-order chi connectivity index (χ1) is 11.6. The average molecular weight is 326 g/mol. The number of ether oxygens (including phenoxy) is 1. The summed E-state index contributed by atoms with van der Waals surface area (Å²) in [6, 6.07) is 9.07. The van der Waals surface area contributed by atoms with Crippen molar-refractivity contribution in [2.24, 2.45) is 0 Å². The van der Waals surface area contributed by atoms with Gasteiger partial charge in [-0.15, -0.1) is 0 Å². The van der Waals surface area contributed by atoms with Crippen LogP contribution in [-0.2, 0) is 11.3 Å². The lowest BCUT2D eigenvalue weighted by atomic mass is 10.1. The topological polar surface area (TPSA) is 83.0 Å². The van der Waals surface area contributed by atoms with Gasteiger partial charge in [0, 0.05) is 18.7 Å². The van der Waals surface area contributed by atoms with Crippen molar-refractivity contribution in [2.75, 3.05) is 13.7 Å². The third-order valence-corrected chi connectivity index (χ3v) is 3.50. The molecule has 0 saturated heterocycles. The first-order valence-corrected chi connectivity index (χ1v) is 7.56. The van der Waals surface area contributed by atoms with E-state index in [1.165, 1.54) is 10.7 Å². The van der Waals surface area contributed by atoms with Crippen LogP contribution in [0.2, 0.25) is 0 Å². The Morgan fingerprint density at radius 1 is 1.17 bits per heavy atom. The number of aromatic nitrogens is 4. The van der Waals surface area contributed by atoms with Crippen LogP contribution in [0.25, 0.3) is 23.0 Å². The number of hydrogen-bond acceptors (Lipinski definition) is 6. The molecule has 1 aromatic carbocycles. The molecule has 0 atom stereocenters. The first-order valence-electron chi connectivity index (χ1n) is 7.56. The van der Waals surface area contributed by atoms with Crippen LogP contribution in [0.15, 0.2) is 39.6 Å². The number of methoxy groups -OCH3 is 1. The number of hydrogen-bond donors (Lipinski definition) is 0. The Labute approximate surface area is 138 Å². The maximum Gasteiger partial charge on any atom is 0.278 e. The van der Waals surface area contributed by atoms with Gasteiger partial charge in [-0.05, 0) is 32.0 Å². The molecule has 0 N–H and O–H groups in total. The molecule has 7 nitrogen and oxygen atoms in total. The third kappa shape index (κ3) is 3.41. The number of nitrogens with zero attached hydrogens (tertiary/aromatic N) is 4. The summed E-state index contributed by atoms with van der Waals surface area (Å²) in [6.07, 6.45) is 0. The van der Waals surface area contributed by atoms with Crippen LogP contribution in [-0.4, -0.2) is 33.6 Å². The molecule has 2 aromatic heterocycles. The van der Waals surface area contributed by atoms with Crippen LogP contribution in [0.1, 0.15) is 11.1 Å². The lowest BCUT2D eigenvalue weighted by Crippen LogP contribution is -2.24. The lowest BCUT2D eigenvalue weighted by Gasteiger charge is -2.03. The minimum Gasteiger partial charge on any atom is -0.383 e. The summed E-state index contributed by atoms with van der Waals surface area (Å²) in [5, 5.41) is 8.27. The normalized spacial score (nSPS) is 11.0. The first kappa shape index (κ1) is 16.1. The van der Waals surface area contributed by atoms with Crippen molar-refractivity contribution < 1.29 is 9.26 Å². The maximum atomic E-state index is 11.8. The number of rotatable bonds is 5. The molecule has 0 aliphatic heterocycles. The van der Waals surface area contributed by atoms with E-state index in [1.54, 1.807) is 13.2 Å². The van der Waals surface area contributed by atoms with Gasteiger partial charge in [0.15, 0.2) is 0 Å². The van der Waals surface area contributed by atoms with E-state index in [-0.39, 0.29) is 11.4 Å². The smallest absolute Gasteiger partial charge is 0.278 e. The summed E-state index contributed by atoms with van der Waals surface area (Å²) >= 11 is 0. The molecule has 0 fully saturated rings. The summed E-state index contributed by atoms with van der Waals surface area (Å²) in [5.74, 6) is 0.767. The fourth-order valence-electron chi connectivity index (χ4n) is 2.45. The van der Waals surface area contributed by atoms with Gasteiger partial charge in [0.2, 0.25) is 5.82 Å². The van der Waals surface area contributed by atoms with E-state index in [0.29, 0.717) is 24.7 Å². The molecular weight excluding hydrogens is 308 g/mol. The minimum atomic E-state index is -0.204. The molecule has 3 aromatic rings. The van der Waals surface area contributed by atoms with Crippen LogP contribution in [0.3, 0.4) is 0 Å². The molecular formula is C17H18N4O3. The molecule has 0 saturated carbocycles. The van der Waals surface area contributed by atoms with Crippen LogP contribution in [0.4, 0.5) is 0 Å². The van der Waals surface area contributed by atoms with Gasteiger partial charge < -0.3 is 9.26 Å². The van der Waals surface area contributed by atoms with Crippen molar-refractivity contribution >= 4 is 0 Å². The zero-order valence-corrected chi connectivity index (χ0v) is 13.8. The van der Waals surface area contributed by atoms with E-state index >= 15 is 0 Å². The molecule has 0 bridgehead atoms. The average Bonchev–Trinajstić information content (AvgIpc) is 3.03. The molecule has 124 valence electrons. The van der Waals surface area contributed by atoms with Crippen molar-refractivity contribution in [3.05, 3.63) is 51.8 Å². The summed E-state index contributed by atoms with van der Waals surface area (Å²) in [4.78, 5) is 16.2. The highest BCUT2D eigenvalue weighted by atomic mass is 16.5. The second kappa shape index (κ2) is 6.76. The van der Waals surface area contributed by atoms with Crippen LogP contribution in [0.5, 0.6) is 0 Å². The second-order valence-electron chi connectivity index (χ2n) is 5.57. The Morgan fingerprint density at radius 3 is 2.62 bits per heavy atom. The van der Waals surface area contributed by atoms with Crippen LogP contribution < -0.4 is 5.56 Å². The van der Waals surface area contributed by atoms with E-state index < -0.39 is 0 Å². The van der Waals surface area contributed by atoms with Gasteiger partial charge in [-0.3, -0.25) is 4.79 Å². The Morgan fingerprint density at radius 2 is 1.92 bits per heavy atom. The maximum absolute atomic E-state index is 11.8. The highest BCUT2D eigenvalue weighted by molar-refractivity contribution is 5.59. The van der Waals surface area contributed by atoms with Gasteiger partial charge in [0.1, 0.15) is 5.69 Å². The van der Waals surface area contributed by atoms with Gasteiger partial charge in [0.25, 0.3) is 11.4 Å². The minimum absolute atomic E-state index is 0.204. The predicted molar refractivity (Wildman–Crippen MR) is 88.6 cm³/mol. The molecule has 0 spiro atoms. The Kier molecular flexibility index (Phi) is 4.52. The number of aryl methyl sites for hydroxylation is 2. The largest absolute Gasteiger partial charge is 0.383 e. The molecule has 24 heavy (non-hydrogen) atoms. The van der Waals surface area contributed by atoms with E-state index in [2.05, 4.69) is 21.3 Å². The van der Waals surface area contributed by atoms with Crippen molar-refractivity contribution in [1.82, 2.24) is 19.9 Å². The predicted octanol–water partition coefficient (Wildman–Crippen LogP) is 2.22. The summed E-state index contributed by atoms with van der Waals surface area (Å²) in [5.41, 5.74) is 3.39. The molecule has 0 amide bonds. The van der Waals surface area contributed by atoms with E-state index in [1.807, 2.05) is 26.0 Å². The number of benzene rings is 1. The molecule has 0 radical (unpaired) electrons. The summed E-state index contributed by atoms with van der Waals surface area (Å²) in [7, 11) is 1.57. The van der Waals surface area contributed by atoms with Crippen LogP contribution in [0, 0.1) is 13.8 Å². The standard InChI is InChI=1S/C17H18N4O3/c1-11-8-12(2)10-13(9-11)16-18-17(24-20-16)14-4-5-15(22)21(19-14)6-7-23-3/h4-5,8-10H,6-7H2,1-3H3. The highest BCUT2D eigenvalue weighted by Gasteiger charge is 2.13. The molecule has 7 heteroatoms. The SMILES string of the molecule is COCCn1nc(-c2nc(-c3cc(C)cc(C)c3)no2)ccc1=O. The van der Waals surface area contributed by atoms with Gasteiger partial charge in [-0.1, -0.05) is 22.3 Å². The van der Waals surface area contributed by atoms with Crippen molar-refractivity contribution in [1.29, 1.82) is 0 Å². The van der Waals surface area contributed by atoms with Crippen molar-refractivity contribution in [3.8, 4) is 23.0 Å². The van der Waals surface area contributed by atoms with E-state index in [0.717, 1.165) is 16.7 Å². The second-order valence-corrected chi connectivity index (χ2v) is 5.57. The molecule has 0 unspecified atom stereocenters. The molecule has 3 rings (SSSR count). The van der Waals surface area contributed by atoms with Gasteiger partial charge in [0.05, 0.1) is 13.2 Å².